The fourth-order valence-corrected chi connectivity index (χ4v) is 5.65. The number of amides is 2. The zero-order chi connectivity index (χ0) is 18.7. The molecule has 1 aromatic carbocycles. The second-order valence-corrected chi connectivity index (χ2v) is 8.57. The molecule has 0 spiro atoms. The first-order valence-electron chi connectivity index (χ1n) is 9.81. The molecule has 6 heteroatoms. The predicted octanol–water partition coefficient (Wildman–Crippen LogP) is 1.10. The van der Waals surface area contributed by atoms with Crippen LogP contribution in [0.1, 0.15) is 23.5 Å². The molecule has 1 N–H and O–H groups in total. The first kappa shape index (κ1) is 17.0. The van der Waals surface area contributed by atoms with Gasteiger partial charge in [0.05, 0.1) is 13.1 Å². The molecule has 2 fully saturated rings. The lowest BCUT2D eigenvalue weighted by molar-refractivity contribution is -0.136. The van der Waals surface area contributed by atoms with Crippen LogP contribution in [0.3, 0.4) is 0 Å². The van der Waals surface area contributed by atoms with E-state index in [1.54, 1.807) is 0 Å². The number of nitrogens with zero attached hydrogens (tertiary/aromatic N) is 3. The first-order chi connectivity index (χ1) is 13.0. The average Bonchev–Trinajstić information content (AvgIpc) is 2.92. The largest absolute Gasteiger partial charge is 0.350 e. The lowest BCUT2D eigenvalue weighted by Crippen LogP contribution is -2.55. The quantitative estimate of drug-likeness (QED) is 0.809. The highest BCUT2D eigenvalue weighted by molar-refractivity contribution is 5.99. The van der Waals surface area contributed by atoms with E-state index in [1.165, 1.54) is 22.0 Å². The van der Waals surface area contributed by atoms with Crippen LogP contribution in [0.15, 0.2) is 24.4 Å². The van der Waals surface area contributed by atoms with E-state index >= 15 is 0 Å². The Balaban J connectivity index is 1.43. The number of hydrogen-bond donors (Lipinski definition) is 1. The molecule has 2 aliphatic heterocycles. The van der Waals surface area contributed by atoms with E-state index in [-0.39, 0.29) is 11.8 Å². The molecule has 0 unspecified atom stereocenters. The van der Waals surface area contributed by atoms with Gasteiger partial charge in [-0.25, -0.2) is 0 Å². The summed E-state index contributed by atoms with van der Waals surface area (Å²) in [7, 11) is 4.36. The average molecular weight is 366 g/mol. The van der Waals surface area contributed by atoms with Crippen LogP contribution >= 0.6 is 0 Å². The number of piperidine rings is 1. The third-order valence-corrected chi connectivity index (χ3v) is 6.65. The number of benzene rings is 1. The standard InChI is InChI=1S/C21H26N4O2/c1-23-8-13(9-25-11-19(26)22-20(27)12-25)6-16-15-4-3-5-17-21(15)14(7-18(16)23)10-24(17)2/h3-5,10,13,16,18H,6-9,11-12H2,1-2H3,(H,22,26,27)/t13-,16+,18-/m1/s1. The van der Waals surface area contributed by atoms with Crippen molar-refractivity contribution >= 4 is 22.7 Å². The highest BCUT2D eigenvalue weighted by atomic mass is 16.2. The van der Waals surface area contributed by atoms with Crippen molar-refractivity contribution in [3.8, 4) is 0 Å². The van der Waals surface area contributed by atoms with Gasteiger partial charge in [-0.2, -0.15) is 0 Å². The molecule has 142 valence electrons. The van der Waals surface area contributed by atoms with E-state index in [0.29, 0.717) is 31.0 Å². The molecule has 2 amide bonds. The Bertz CT molecular complexity index is 918. The summed E-state index contributed by atoms with van der Waals surface area (Å²) in [5.74, 6) is 0.631. The Morgan fingerprint density at radius 3 is 2.70 bits per heavy atom. The molecule has 6 nitrogen and oxygen atoms in total. The highest BCUT2D eigenvalue weighted by Crippen LogP contribution is 2.44. The molecule has 3 aliphatic rings. The number of carbonyl (C=O) groups is 2. The number of fused-ring (bicyclic) bond motifs is 2. The van der Waals surface area contributed by atoms with Crippen molar-refractivity contribution in [2.24, 2.45) is 13.0 Å². The number of piperazine rings is 1. The SMILES string of the molecule is CN1C[C@H](CN2CC(=O)NC(=O)C2)C[C@H]2c3cccc4c3c(cn4C)C[C@H]21. The summed E-state index contributed by atoms with van der Waals surface area (Å²) in [5, 5.41) is 3.84. The minimum atomic E-state index is -0.176. The van der Waals surface area contributed by atoms with E-state index in [4.69, 9.17) is 0 Å². The Hall–Kier alpha value is -2.18. The van der Waals surface area contributed by atoms with Crippen LogP contribution in [0.25, 0.3) is 10.9 Å². The van der Waals surface area contributed by atoms with Crippen molar-refractivity contribution in [2.75, 3.05) is 33.2 Å². The van der Waals surface area contributed by atoms with E-state index in [2.05, 4.69) is 53.3 Å². The first-order valence-corrected chi connectivity index (χ1v) is 9.81. The summed E-state index contributed by atoms with van der Waals surface area (Å²) in [5.41, 5.74) is 4.26. The molecule has 3 heterocycles. The van der Waals surface area contributed by atoms with E-state index < -0.39 is 0 Å². The summed E-state index contributed by atoms with van der Waals surface area (Å²) >= 11 is 0. The molecule has 0 saturated carbocycles. The van der Waals surface area contributed by atoms with Crippen molar-refractivity contribution in [3.63, 3.8) is 0 Å². The number of carbonyl (C=O) groups excluding carboxylic acids is 2. The van der Waals surface area contributed by atoms with Crippen molar-refractivity contribution in [2.45, 2.75) is 24.8 Å². The van der Waals surface area contributed by atoms with Crippen molar-refractivity contribution < 1.29 is 9.59 Å². The molecule has 1 aromatic heterocycles. The van der Waals surface area contributed by atoms with E-state index in [0.717, 1.165) is 25.9 Å². The van der Waals surface area contributed by atoms with Gasteiger partial charge in [-0.05, 0) is 43.0 Å². The number of hydrogen-bond acceptors (Lipinski definition) is 4. The predicted molar refractivity (Wildman–Crippen MR) is 103 cm³/mol. The van der Waals surface area contributed by atoms with Gasteiger partial charge in [0, 0.05) is 49.2 Å². The lowest BCUT2D eigenvalue weighted by atomic mass is 9.72. The van der Waals surface area contributed by atoms with Gasteiger partial charge in [0.25, 0.3) is 0 Å². The minimum absolute atomic E-state index is 0.176. The summed E-state index contributed by atoms with van der Waals surface area (Å²) < 4.78 is 2.25. The normalized spacial score (nSPS) is 29.0. The fourth-order valence-electron chi connectivity index (χ4n) is 5.65. The summed E-state index contributed by atoms with van der Waals surface area (Å²) in [6.07, 6.45) is 4.52. The Morgan fingerprint density at radius 1 is 1.15 bits per heavy atom. The molecule has 2 aromatic rings. The number of aryl methyl sites for hydroxylation is 1. The highest BCUT2D eigenvalue weighted by Gasteiger charge is 2.40. The summed E-state index contributed by atoms with van der Waals surface area (Å²) in [4.78, 5) is 27.9. The van der Waals surface area contributed by atoms with Crippen LogP contribution in [0.5, 0.6) is 0 Å². The minimum Gasteiger partial charge on any atom is -0.350 e. The second kappa shape index (κ2) is 6.17. The lowest BCUT2D eigenvalue weighted by Gasteiger charge is -2.46. The number of likely N-dealkylation sites (N-methyl/N-ethyl adjacent to an activating group) is 1. The second-order valence-electron chi connectivity index (χ2n) is 8.57. The zero-order valence-corrected chi connectivity index (χ0v) is 15.9. The van der Waals surface area contributed by atoms with Gasteiger partial charge in [-0.3, -0.25) is 19.8 Å². The zero-order valence-electron chi connectivity index (χ0n) is 15.9. The molecule has 0 radical (unpaired) electrons. The maximum absolute atomic E-state index is 11.7. The van der Waals surface area contributed by atoms with Gasteiger partial charge in [-0.15, -0.1) is 0 Å². The molecule has 0 bridgehead atoms. The number of aromatic nitrogens is 1. The molecular formula is C21H26N4O2. The molecule has 27 heavy (non-hydrogen) atoms. The van der Waals surface area contributed by atoms with Crippen LogP contribution in [0.4, 0.5) is 0 Å². The van der Waals surface area contributed by atoms with E-state index in [1.807, 2.05) is 4.90 Å². The van der Waals surface area contributed by atoms with Gasteiger partial charge in [0.2, 0.25) is 11.8 Å². The number of likely N-dealkylation sites (tertiary alicyclic amines) is 1. The Kier molecular flexibility index (Phi) is 3.88. The third kappa shape index (κ3) is 2.78. The van der Waals surface area contributed by atoms with Crippen LogP contribution in [0.2, 0.25) is 0 Å². The fraction of sp³-hybridized carbons (Fsp3) is 0.524. The van der Waals surface area contributed by atoms with Gasteiger partial charge in [-0.1, -0.05) is 12.1 Å². The van der Waals surface area contributed by atoms with Gasteiger partial charge < -0.3 is 9.47 Å². The number of imide groups is 1. The summed E-state index contributed by atoms with van der Waals surface area (Å²) in [6, 6.07) is 7.23. The van der Waals surface area contributed by atoms with Crippen LogP contribution in [0, 0.1) is 5.92 Å². The van der Waals surface area contributed by atoms with Crippen molar-refractivity contribution in [1.29, 1.82) is 0 Å². The Labute approximate surface area is 159 Å². The summed E-state index contributed by atoms with van der Waals surface area (Å²) in [6.45, 7) is 2.49. The molecule has 1 aliphatic carbocycles. The smallest absolute Gasteiger partial charge is 0.240 e. The third-order valence-electron chi connectivity index (χ3n) is 6.65. The molecule has 5 rings (SSSR count). The number of nitrogens with one attached hydrogen (secondary N) is 1. The number of rotatable bonds is 2. The molecule has 2 saturated heterocycles. The maximum atomic E-state index is 11.7. The molecular weight excluding hydrogens is 340 g/mol. The van der Waals surface area contributed by atoms with E-state index in [9.17, 15) is 9.59 Å². The maximum Gasteiger partial charge on any atom is 0.240 e. The topological polar surface area (TPSA) is 57.6 Å². The monoisotopic (exact) mass is 366 g/mol. The van der Waals surface area contributed by atoms with Crippen molar-refractivity contribution in [1.82, 2.24) is 19.7 Å². The van der Waals surface area contributed by atoms with Gasteiger partial charge in [0.15, 0.2) is 0 Å². The van der Waals surface area contributed by atoms with Gasteiger partial charge >= 0.3 is 0 Å². The van der Waals surface area contributed by atoms with Crippen LogP contribution in [-0.2, 0) is 23.1 Å². The Morgan fingerprint density at radius 2 is 1.93 bits per heavy atom. The van der Waals surface area contributed by atoms with Crippen LogP contribution < -0.4 is 5.32 Å². The molecule has 3 atom stereocenters. The van der Waals surface area contributed by atoms with Gasteiger partial charge in [0.1, 0.15) is 0 Å². The van der Waals surface area contributed by atoms with Crippen molar-refractivity contribution in [3.05, 3.63) is 35.5 Å². The van der Waals surface area contributed by atoms with Crippen LogP contribution in [-0.4, -0.2) is 65.4 Å².